The molecule has 9 heteroatoms. The molecule has 2 amide bonds. The maximum Gasteiger partial charge on any atom is 0.264 e. The molecule has 0 fully saturated rings. The Kier molecular flexibility index (Phi) is 9.52. The predicted octanol–water partition coefficient (Wildman–Crippen LogP) is 4.06. The Morgan fingerprint density at radius 2 is 1.61 bits per heavy atom. The van der Waals surface area contributed by atoms with Crippen molar-refractivity contribution in [1.82, 2.24) is 10.2 Å². The summed E-state index contributed by atoms with van der Waals surface area (Å²) in [7, 11) is -1.02. The van der Waals surface area contributed by atoms with Crippen molar-refractivity contribution in [3.8, 4) is 5.75 Å². The molecule has 0 aromatic heterocycles. The van der Waals surface area contributed by atoms with Crippen molar-refractivity contribution in [3.05, 3.63) is 89.5 Å². The van der Waals surface area contributed by atoms with E-state index in [1.54, 1.807) is 55.6 Å². The molecule has 3 aromatic rings. The Bertz CT molecular complexity index is 1360. The lowest BCUT2D eigenvalue weighted by molar-refractivity contribution is -0.140. The highest BCUT2D eigenvalue weighted by Crippen LogP contribution is 2.27. The van der Waals surface area contributed by atoms with Crippen LogP contribution in [0.1, 0.15) is 30.0 Å². The SMILES string of the molecule is CCC(C(=O)NC)N(Cc1cccc(OC)c1)C(=O)CN(c1cc(C)cc(C)c1)S(=O)(=O)c1ccccc1. The van der Waals surface area contributed by atoms with Crippen LogP contribution >= 0.6 is 0 Å². The summed E-state index contributed by atoms with van der Waals surface area (Å²) in [6.07, 6.45) is 0.352. The number of nitrogens with one attached hydrogen (secondary N) is 1. The van der Waals surface area contributed by atoms with Crippen LogP contribution in [0.2, 0.25) is 0 Å². The van der Waals surface area contributed by atoms with E-state index in [-0.39, 0.29) is 17.3 Å². The quantitative estimate of drug-likeness (QED) is 0.398. The van der Waals surface area contributed by atoms with Crippen molar-refractivity contribution < 1.29 is 22.7 Å². The number of carbonyl (C=O) groups is 2. The normalized spacial score (nSPS) is 11.9. The average molecular weight is 538 g/mol. The number of benzene rings is 3. The van der Waals surface area contributed by atoms with Crippen LogP contribution in [0.5, 0.6) is 5.75 Å². The largest absolute Gasteiger partial charge is 0.497 e. The molecule has 38 heavy (non-hydrogen) atoms. The minimum Gasteiger partial charge on any atom is -0.497 e. The highest BCUT2D eigenvalue weighted by molar-refractivity contribution is 7.92. The van der Waals surface area contributed by atoms with Gasteiger partial charge in [0.25, 0.3) is 10.0 Å². The number of hydrogen-bond acceptors (Lipinski definition) is 5. The van der Waals surface area contributed by atoms with Gasteiger partial charge >= 0.3 is 0 Å². The molecule has 3 rings (SSSR count). The minimum absolute atomic E-state index is 0.0737. The number of nitrogens with zero attached hydrogens (tertiary/aromatic N) is 2. The van der Waals surface area contributed by atoms with Crippen molar-refractivity contribution in [2.45, 2.75) is 44.7 Å². The Labute approximate surface area is 225 Å². The molecule has 1 unspecified atom stereocenters. The standard InChI is InChI=1S/C29H35N3O5S/c1-6-27(29(34)30-4)31(19-23-11-10-12-25(18-23)37-5)28(33)20-32(24-16-21(2)15-22(3)17-24)38(35,36)26-13-8-7-9-14-26/h7-18,27H,6,19-20H2,1-5H3,(H,30,34). The van der Waals surface area contributed by atoms with Crippen LogP contribution in [-0.4, -0.2) is 51.9 Å². The van der Waals surface area contributed by atoms with E-state index in [2.05, 4.69) is 5.32 Å². The first-order valence-corrected chi connectivity index (χ1v) is 13.8. The molecule has 0 aliphatic rings. The van der Waals surface area contributed by atoms with E-state index in [1.165, 1.54) is 24.1 Å². The first-order chi connectivity index (χ1) is 18.1. The van der Waals surface area contributed by atoms with Gasteiger partial charge in [-0.25, -0.2) is 8.42 Å². The maximum atomic E-state index is 14.0. The fraction of sp³-hybridized carbons (Fsp3) is 0.310. The van der Waals surface area contributed by atoms with Gasteiger partial charge in [0.15, 0.2) is 0 Å². The number of anilines is 1. The zero-order valence-electron chi connectivity index (χ0n) is 22.5. The van der Waals surface area contributed by atoms with E-state index in [0.717, 1.165) is 21.0 Å². The summed E-state index contributed by atoms with van der Waals surface area (Å²) in [6.45, 7) is 5.19. The van der Waals surface area contributed by atoms with Gasteiger partial charge < -0.3 is 15.0 Å². The van der Waals surface area contributed by atoms with Gasteiger partial charge in [-0.2, -0.15) is 0 Å². The van der Waals surface area contributed by atoms with Gasteiger partial charge in [-0.05, 0) is 73.4 Å². The van der Waals surface area contributed by atoms with Crippen molar-refractivity contribution >= 4 is 27.5 Å². The monoisotopic (exact) mass is 537 g/mol. The molecule has 0 saturated heterocycles. The highest BCUT2D eigenvalue weighted by atomic mass is 32.2. The van der Waals surface area contributed by atoms with Crippen LogP contribution in [0, 0.1) is 13.8 Å². The predicted molar refractivity (Wildman–Crippen MR) is 149 cm³/mol. The zero-order chi connectivity index (χ0) is 27.9. The maximum absolute atomic E-state index is 14.0. The Balaban J connectivity index is 2.08. The second-order valence-electron chi connectivity index (χ2n) is 9.08. The molecule has 0 aliphatic heterocycles. The lowest BCUT2D eigenvalue weighted by Crippen LogP contribution is -2.51. The third kappa shape index (κ3) is 6.72. The third-order valence-corrected chi connectivity index (χ3v) is 8.01. The molecule has 3 aromatic carbocycles. The Morgan fingerprint density at radius 1 is 0.947 bits per heavy atom. The lowest BCUT2D eigenvalue weighted by atomic mass is 10.1. The number of carbonyl (C=O) groups excluding carboxylic acids is 2. The van der Waals surface area contributed by atoms with E-state index in [9.17, 15) is 18.0 Å². The molecule has 0 heterocycles. The van der Waals surface area contributed by atoms with Crippen molar-refractivity contribution in [2.24, 2.45) is 0 Å². The number of sulfonamides is 1. The van der Waals surface area contributed by atoms with Gasteiger partial charge in [0.2, 0.25) is 11.8 Å². The summed E-state index contributed by atoms with van der Waals surface area (Å²) < 4.78 is 34.1. The fourth-order valence-electron chi connectivity index (χ4n) is 4.40. The van der Waals surface area contributed by atoms with E-state index >= 15 is 0 Å². The molecule has 8 nitrogen and oxygen atoms in total. The number of hydrogen-bond donors (Lipinski definition) is 1. The summed E-state index contributed by atoms with van der Waals surface area (Å²) in [6, 6.07) is 19.9. The van der Waals surface area contributed by atoms with Crippen LogP contribution in [0.15, 0.2) is 77.7 Å². The highest BCUT2D eigenvalue weighted by Gasteiger charge is 2.33. The fourth-order valence-corrected chi connectivity index (χ4v) is 5.82. The van der Waals surface area contributed by atoms with Gasteiger partial charge in [0.05, 0.1) is 17.7 Å². The molecule has 1 N–H and O–H groups in total. The molecular formula is C29H35N3O5S. The number of amides is 2. The summed E-state index contributed by atoms with van der Waals surface area (Å²) >= 11 is 0. The molecule has 0 radical (unpaired) electrons. The molecular weight excluding hydrogens is 502 g/mol. The van der Waals surface area contributed by atoms with Crippen molar-refractivity contribution in [1.29, 1.82) is 0 Å². The first-order valence-electron chi connectivity index (χ1n) is 12.4. The Hall–Kier alpha value is -3.85. The van der Waals surface area contributed by atoms with Crippen LogP contribution in [-0.2, 0) is 26.2 Å². The van der Waals surface area contributed by atoms with Gasteiger partial charge in [0, 0.05) is 13.6 Å². The van der Waals surface area contributed by atoms with Gasteiger partial charge in [-0.3, -0.25) is 13.9 Å². The van der Waals surface area contributed by atoms with Crippen molar-refractivity contribution in [2.75, 3.05) is 25.0 Å². The van der Waals surface area contributed by atoms with Crippen LogP contribution < -0.4 is 14.4 Å². The lowest BCUT2D eigenvalue weighted by Gasteiger charge is -2.33. The topological polar surface area (TPSA) is 96.0 Å². The third-order valence-electron chi connectivity index (χ3n) is 6.22. The van der Waals surface area contributed by atoms with E-state index < -0.39 is 28.5 Å². The van der Waals surface area contributed by atoms with E-state index in [0.29, 0.717) is 17.9 Å². The number of rotatable bonds is 11. The van der Waals surface area contributed by atoms with Crippen LogP contribution in [0.4, 0.5) is 5.69 Å². The molecule has 1 atom stereocenters. The van der Waals surface area contributed by atoms with E-state index in [4.69, 9.17) is 4.74 Å². The Morgan fingerprint density at radius 3 is 2.18 bits per heavy atom. The number of methoxy groups -OCH3 is 1. The zero-order valence-corrected chi connectivity index (χ0v) is 23.3. The van der Waals surface area contributed by atoms with Crippen LogP contribution in [0.25, 0.3) is 0 Å². The van der Waals surface area contributed by atoms with Gasteiger partial charge in [-0.15, -0.1) is 0 Å². The van der Waals surface area contributed by atoms with E-state index in [1.807, 2.05) is 32.9 Å². The minimum atomic E-state index is -4.09. The number of aryl methyl sites for hydroxylation is 2. The molecule has 0 bridgehead atoms. The number of likely N-dealkylation sites (N-methyl/N-ethyl adjacent to an activating group) is 1. The number of ether oxygens (including phenoxy) is 1. The molecule has 0 spiro atoms. The van der Waals surface area contributed by atoms with Crippen LogP contribution in [0.3, 0.4) is 0 Å². The molecule has 0 saturated carbocycles. The molecule has 0 aliphatic carbocycles. The average Bonchev–Trinajstić information content (AvgIpc) is 2.91. The second-order valence-corrected chi connectivity index (χ2v) is 10.9. The summed E-state index contributed by atoms with van der Waals surface area (Å²) in [4.78, 5) is 28.3. The first kappa shape index (κ1) is 28.7. The smallest absolute Gasteiger partial charge is 0.264 e. The summed E-state index contributed by atoms with van der Waals surface area (Å²) in [5, 5.41) is 2.63. The second kappa shape index (κ2) is 12.6. The van der Waals surface area contributed by atoms with Gasteiger partial charge in [-0.1, -0.05) is 43.3 Å². The molecule has 202 valence electrons. The van der Waals surface area contributed by atoms with Crippen molar-refractivity contribution in [3.63, 3.8) is 0 Å². The summed E-state index contributed by atoms with van der Waals surface area (Å²) in [5.41, 5.74) is 2.87. The summed E-state index contributed by atoms with van der Waals surface area (Å²) in [5.74, 6) is -0.207. The van der Waals surface area contributed by atoms with Gasteiger partial charge in [0.1, 0.15) is 18.3 Å².